The lowest BCUT2D eigenvalue weighted by Gasteiger charge is -2.21. The zero-order valence-electron chi connectivity index (χ0n) is 71.7. The number of unbranched alkanes of at least 4 members (excludes halogenated alkanes) is 62. The third-order valence-electron chi connectivity index (χ3n) is 21.3. The largest absolute Gasteiger partial charge is 0.472 e. The number of hydrogen-bond acceptors (Lipinski definition) is 15. The van der Waals surface area contributed by atoms with Crippen LogP contribution >= 0.6 is 15.6 Å². The van der Waals surface area contributed by atoms with Crippen molar-refractivity contribution in [2.24, 2.45) is 5.92 Å². The van der Waals surface area contributed by atoms with E-state index in [-0.39, 0.29) is 25.7 Å². The number of phosphoric acid groups is 2. The van der Waals surface area contributed by atoms with Crippen molar-refractivity contribution in [2.75, 3.05) is 39.6 Å². The predicted octanol–water partition coefficient (Wildman–Crippen LogP) is 27.9. The summed E-state index contributed by atoms with van der Waals surface area (Å²) in [6.07, 6.45) is 77.7. The Bertz CT molecular complexity index is 2070. The third kappa shape index (κ3) is 83.8. The van der Waals surface area contributed by atoms with Gasteiger partial charge in [0.2, 0.25) is 0 Å². The fraction of sp³-hybridized carbons (Fsp3) is 0.956. The Kier molecular flexibility index (Phi) is 81.1. The zero-order valence-corrected chi connectivity index (χ0v) is 73.5. The molecule has 5 atom stereocenters. The van der Waals surface area contributed by atoms with Crippen LogP contribution in [-0.2, 0) is 65.4 Å². The molecule has 0 saturated carbocycles. The summed E-state index contributed by atoms with van der Waals surface area (Å²) >= 11 is 0. The van der Waals surface area contributed by atoms with Gasteiger partial charge in [0.25, 0.3) is 0 Å². The van der Waals surface area contributed by atoms with Gasteiger partial charge in [-0.1, -0.05) is 439 Å². The summed E-state index contributed by atoms with van der Waals surface area (Å²) in [5.41, 5.74) is 0. The SMILES string of the molecule is CCCCCCCCCCCCCCCCCCCCCCC(=O)O[C@H](COC(=O)CCCCCCCCCCCCCCCCCCC(C)C)COP(=O)(O)OC[C@@H](O)COP(=O)(O)OC[C@@H](COC(=O)CCCCCCCCCCCCCCC)OC(=O)CCCCCCCCCCCCCCCCCCC. The Hall–Kier alpha value is -1.94. The molecule has 2 unspecified atom stereocenters. The molecule has 3 N–H and O–H groups in total. The molecule has 0 bridgehead atoms. The number of aliphatic hydroxyl groups is 1. The van der Waals surface area contributed by atoms with Crippen molar-refractivity contribution in [3.05, 3.63) is 0 Å². The Morgan fingerprint density at radius 1 is 0.248 bits per heavy atom. The minimum absolute atomic E-state index is 0.109. The molecule has 0 radical (unpaired) electrons. The van der Waals surface area contributed by atoms with Crippen LogP contribution in [0.5, 0.6) is 0 Å². The average molecular weight is 1590 g/mol. The molecule has 0 aliphatic rings. The van der Waals surface area contributed by atoms with Gasteiger partial charge in [0.05, 0.1) is 26.4 Å². The maximum atomic E-state index is 13.2. The summed E-state index contributed by atoms with van der Waals surface area (Å²) in [6.45, 7) is 7.43. The Morgan fingerprint density at radius 3 is 0.624 bits per heavy atom. The van der Waals surface area contributed by atoms with Gasteiger partial charge < -0.3 is 33.8 Å². The van der Waals surface area contributed by atoms with Crippen molar-refractivity contribution in [1.29, 1.82) is 0 Å². The van der Waals surface area contributed by atoms with E-state index < -0.39 is 97.5 Å². The number of aliphatic hydroxyl groups excluding tert-OH is 1. The van der Waals surface area contributed by atoms with Crippen LogP contribution in [0.3, 0.4) is 0 Å². The van der Waals surface area contributed by atoms with E-state index in [1.807, 2.05) is 0 Å². The predicted molar refractivity (Wildman–Crippen MR) is 451 cm³/mol. The van der Waals surface area contributed by atoms with Crippen molar-refractivity contribution < 1.29 is 80.2 Å². The smallest absolute Gasteiger partial charge is 0.462 e. The molecule has 17 nitrogen and oxygen atoms in total. The lowest BCUT2D eigenvalue weighted by molar-refractivity contribution is -0.161. The summed E-state index contributed by atoms with van der Waals surface area (Å²) in [7, 11) is -9.93. The highest BCUT2D eigenvalue weighted by Crippen LogP contribution is 2.45. The molecule has 0 amide bonds. The van der Waals surface area contributed by atoms with E-state index in [2.05, 4.69) is 34.6 Å². The Morgan fingerprint density at radius 2 is 0.422 bits per heavy atom. The molecule has 0 saturated heterocycles. The van der Waals surface area contributed by atoms with Crippen LogP contribution in [0.4, 0.5) is 0 Å². The van der Waals surface area contributed by atoms with Crippen LogP contribution in [0.2, 0.25) is 0 Å². The summed E-state index contributed by atoms with van der Waals surface area (Å²) in [5.74, 6) is -1.28. The maximum Gasteiger partial charge on any atom is 0.472 e. The van der Waals surface area contributed by atoms with E-state index in [0.29, 0.717) is 25.7 Å². The van der Waals surface area contributed by atoms with Crippen LogP contribution in [0, 0.1) is 5.92 Å². The maximum absolute atomic E-state index is 13.2. The Labute approximate surface area is 670 Å². The second kappa shape index (κ2) is 82.6. The van der Waals surface area contributed by atoms with Gasteiger partial charge in [0.15, 0.2) is 12.2 Å². The average Bonchev–Trinajstić information content (AvgIpc) is 0.901. The monoisotopic (exact) mass is 1590 g/mol. The number of carbonyl (C=O) groups excluding carboxylic acids is 4. The zero-order chi connectivity index (χ0) is 79.7. The van der Waals surface area contributed by atoms with Gasteiger partial charge in [-0.05, 0) is 31.6 Å². The molecular weight excluding hydrogens is 1410 g/mol. The van der Waals surface area contributed by atoms with Crippen LogP contribution < -0.4 is 0 Å². The Balaban J connectivity index is 5.26. The number of ether oxygens (including phenoxy) is 4. The van der Waals surface area contributed by atoms with Crippen molar-refractivity contribution >= 4 is 39.5 Å². The molecule has 0 rings (SSSR count). The van der Waals surface area contributed by atoms with E-state index in [1.54, 1.807) is 0 Å². The number of hydrogen-bond donors (Lipinski definition) is 3. The quantitative estimate of drug-likeness (QED) is 0.0222. The third-order valence-corrected chi connectivity index (χ3v) is 23.2. The van der Waals surface area contributed by atoms with Crippen molar-refractivity contribution in [2.45, 2.75) is 509 Å². The van der Waals surface area contributed by atoms with Gasteiger partial charge in [0.1, 0.15) is 19.3 Å². The van der Waals surface area contributed by atoms with E-state index in [4.69, 9.17) is 37.0 Å². The molecule has 0 spiro atoms. The van der Waals surface area contributed by atoms with Gasteiger partial charge in [0, 0.05) is 25.7 Å². The molecule has 0 heterocycles. The van der Waals surface area contributed by atoms with Gasteiger partial charge in [-0.3, -0.25) is 37.3 Å². The van der Waals surface area contributed by atoms with E-state index in [0.717, 1.165) is 95.8 Å². The van der Waals surface area contributed by atoms with Gasteiger partial charge in [-0.2, -0.15) is 0 Å². The highest BCUT2D eigenvalue weighted by Gasteiger charge is 2.31. The molecular formula is C90H176O17P2. The first-order valence-corrected chi connectivity index (χ1v) is 49.6. The minimum atomic E-state index is -4.97. The van der Waals surface area contributed by atoms with E-state index in [1.165, 1.54) is 315 Å². The first kappa shape index (κ1) is 107. The van der Waals surface area contributed by atoms with Crippen molar-refractivity contribution in [3.63, 3.8) is 0 Å². The van der Waals surface area contributed by atoms with Gasteiger partial charge in [-0.25, -0.2) is 9.13 Å². The second-order valence-electron chi connectivity index (χ2n) is 32.8. The lowest BCUT2D eigenvalue weighted by atomic mass is 10.0. The highest BCUT2D eigenvalue weighted by molar-refractivity contribution is 7.47. The molecule has 19 heteroatoms. The fourth-order valence-electron chi connectivity index (χ4n) is 14.2. The molecule has 0 aromatic rings. The molecule has 0 aliphatic carbocycles. The summed E-state index contributed by atoms with van der Waals surface area (Å²) < 4.78 is 69.1. The molecule has 0 aromatic heterocycles. The molecule has 0 fully saturated rings. The van der Waals surface area contributed by atoms with Crippen LogP contribution in [-0.4, -0.2) is 96.7 Å². The summed E-state index contributed by atoms with van der Waals surface area (Å²) in [5, 5.41) is 10.7. The number of esters is 4. The van der Waals surface area contributed by atoms with Crippen molar-refractivity contribution in [1.82, 2.24) is 0 Å². The molecule has 0 aromatic carbocycles. The summed E-state index contributed by atoms with van der Waals surface area (Å²) in [6, 6.07) is 0. The fourth-order valence-corrected chi connectivity index (χ4v) is 15.8. The molecule has 648 valence electrons. The first-order chi connectivity index (χ1) is 53.0. The second-order valence-corrected chi connectivity index (χ2v) is 35.7. The van der Waals surface area contributed by atoms with E-state index >= 15 is 0 Å². The molecule has 109 heavy (non-hydrogen) atoms. The number of rotatable bonds is 90. The number of carbonyl (C=O) groups is 4. The standard InChI is InChI=1S/C90H176O17P2/c1-6-9-12-15-18-21-24-27-29-31-32-33-35-41-46-51-56-61-66-71-76-90(95)107-86(80-101-88(93)74-69-64-59-54-49-44-39-37-36-38-43-47-52-57-62-67-72-83(4)5)82-105-109(98,99)103-78-84(91)77-102-108(96,97)104-81-85(79-100-87(92)73-68-63-58-53-48-42-26-23-20-17-14-11-8-3)106-89(94)75-70-65-60-55-50-45-40-34-30-28-25-22-19-16-13-10-7-2/h83-86,91H,6-82H2,1-5H3,(H,96,97)(H,98,99)/t84-,85+,86+/m0/s1. The minimum Gasteiger partial charge on any atom is -0.462 e. The van der Waals surface area contributed by atoms with Crippen LogP contribution in [0.15, 0.2) is 0 Å². The van der Waals surface area contributed by atoms with Gasteiger partial charge in [-0.15, -0.1) is 0 Å². The highest BCUT2D eigenvalue weighted by atomic mass is 31.2. The first-order valence-electron chi connectivity index (χ1n) is 46.6. The van der Waals surface area contributed by atoms with Crippen molar-refractivity contribution in [3.8, 4) is 0 Å². The summed E-state index contributed by atoms with van der Waals surface area (Å²) in [4.78, 5) is 73.4. The normalized spacial score (nSPS) is 13.7. The van der Waals surface area contributed by atoms with Crippen LogP contribution in [0.1, 0.15) is 490 Å². The topological polar surface area (TPSA) is 237 Å². The van der Waals surface area contributed by atoms with E-state index in [9.17, 15) is 43.2 Å². The van der Waals surface area contributed by atoms with Gasteiger partial charge >= 0.3 is 39.5 Å². The molecule has 0 aliphatic heterocycles. The lowest BCUT2D eigenvalue weighted by Crippen LogP contribution is -2.30. The van der Waals surface area contributed by atoms with Crippen LogP contribution in [0.25, 0.3) is 0 Å². The number of phosphoric ester groups is 2.